The second-order valence-corrected chi connectivity index (χ2v) is 5.92. The molecule has 2 rings (SSSR count). The van der Waals surface area contributed by atoms with Crippen LogP contribution in [0.5, 0.6) is 0 Å². The monoisotopic (exact) mass is 268 g/mol. The molecule has 18 heavy (non-hydrogen) atoms. The third-order valence-corrected chi connectivity index (χ3v) is 4.48. The molecule has 1 saturated carbocycles. The Morgan fingerprint density at radius 2 is 2.22 bits per heavy atom. The smallest absolute Gasteiger partial charge is 0.313 e. The number of hydrogen-bond acceptors (Lipinski definition) is 3. The van der Waals surface area contributed by atoms with Gasteiger partial charge in [-0.25, -0.2) is 4.98 Å². The molecule has 0 atom stereocenters. The Balaban J connectivity index is 2.01. The lowest BCUT2D eigenvalue weighted by Crippen LogP contribution is -2.16. The molecular formula is C13H20N2O2S. The third-order valence-electron chi connectivity index (χ3n) is 3.51. The Hall–Kier alpha value is -0.970. The number of thioether (sulfide) groups is 1. The normalized spacial score (nSPS) is 16.9. The summed E-state index contributed by atoms with van der Waals surface area (Å²) in [6, 6.07) is 0. The summed E-state index contributed by atoms with van der Waals surface area (Å²) in [5.74, 6) is 0.0295. The van der Waals surface area contributed by atoms with Crippen molar-refractivity contribution in [3.05, 3.63) is 11.9 Å². The highest BCUT2D eigenvalue weighted by atomic mass is 32.2. The van der Waals surface area contributed by atoms with Gasteiger partial charge >= 0.3 is 5.97 Å². The lowest BCUT2D eigenvalue weighted by Gasteiger charge is -2.23. The summed E-state index contributed by atoms with van der Waals surface area (Å²) in [6.45, 7) is 3.04. The molecule has 100 valence electrons. The molecule has 1 aliphatic rings. The molecule has 5 heteroatoms. The maximum atomic E-state index is 10.6. The van der Waals surface area contributed by atoms with E-state index < -0.39 is 5.97 Å². The summed E-state index contributed by atoms with van der Waals surface area (Å²) < 4.78 is 2.18. The molecule has 0 aliphatic heterocycles. The molecule has 1 fully saturated rings. The number of carboxylic acid groups (broad SMARTS) is 1. The predicted molar refractivity (Wildman–Crippen MR) is 71.9 cm³/mol. The zero-order valence-corrected chi connectivity index (χ0v) is 11.6. The first kappa shape index (κ1) is 13.5. The van der Waals surface area contributed by atoms with Gasteiger partial charge < -0.3 is 9.67 Å². The van der Waals surface area contributed by atoms with Gasteiger partial charge in [0, 0.05) is 18.4 Å². The molecule has 1 heterocycles. The van der Waals surface area contributed by atoms with Crippen LogP contribution in [0.2, 0.25) is 0 Å². The van der Waals surface area contributed by atoms with E-state index in [-0.39, 0.29) is 5.75 Å². The van der Waals surface area contributed by atoms with Crippen LogP contribution in [0, 0.1) is 12.8 Å². The Labute approximate surface area is 112 Å². The molecular weight excluding hydrogens is 248 g/mol. The molecule has 0 radical (unpaired) electrons. The number of rotatable bonds is 5. The van der Waals surface area contributed by atoms with Crippen LogP contribution in [-0.2, 0) is 11.3 Å². The third kappa shape index (κ3) is 3.51. The van der Waals surface area contributed by atoms with Crippen molar-refractivity contribution in [2.75, 3.05) is 5.75 Å². The minimum Gasteiger partial charge on any atom is -0.481 e. The molecule has 1 aromatic heterocycles. The van der Waals surface area contributed by atoms with Crippen LogP contribution in [0.25, 0.3) is 0 Å². The van der Waals surface area contributed by atoms with Crippen molar-refractivity contribution in [3.8, 4) is 0 Å². The first-order valence-corrected chi connectivity index (χ1v) is 7.52. The number of carboxylic acids is 1. The van der Waals surface area contributed by atoms with Crippen molar-refractivity contribution in [2.24, 2.45) is 5.92 Å². The van der Waals surface area contributed by atoms with Gasteiger partial charge in [0.2, 0.25) is 0 Å². The molecule has 0 saturated heterocycles. The van der Waals surface area contributed by atoms with Crippen molar-refractivity contribution in [1.29, 1.82) is 0 Å². The number of aryl methyl sites for hydroxylation is 1. The van der Waals surface area contributed by atoms with Crippen LogP contribution in [0.3, 0.4) is 0 Å². The fourth-order valence-electron chi connectivity index (χ4n) is 2.53. The van der Waals surface area contributed by atoms with Gasteiger partial charge in [-0.05, 0) is 25.7 Å². The summed E-state index contributed by atoms with van der Waals surface area (Å²) in [7, 11) is 0. The van der Waals surface area contributed by atoms with E-state index in [0.29, 0.717) is 0 Å². The zero-order chi connectivity index (χ0) is 13.0. The number of nitrogens with zero attached hydrogens (tertiary/aromatic N) is 2. The highest BCUT2D eigenvalue weighted by molar-refractivity contribution is 7.99. The van der Waals surface area contributed by atoms with Gasteiger partial charge in [-0.3, -0.25) is 4.79 Å². The van der Waals surface area contributed by atoms with E-state index in [9.17, 15) is 4.79 Å². The molecule has 0 bridgehead atoms. The Bertz CT molecular complexity index is 411. The van der Waals surface area contributed by atoms with Gasteiger partial charge in [0.25, 0.3) is 0 Å². The number of aromatic nitrogens is 2. The average molecular weight is 268 g/mol. The van der Waals surface area contributed by atoms with Gasteiger partial charge in [0.1, 0.15) is 0 Å². The summed E-state index contributed by atoms with van der Waals surface area (Å²) in [5, 5.41) is 9.58. The summed E-state index contributed by atoms with van der Waals surface area (Å²) in [6.07, 6.45) is 8.44. The summed E-state index contributed by atoms with van der Waals surface area (Å²) in [5.41, 5.74) is 1.13. The van der Waals surface area contributed by atoms with Crippen LogP contribution in [-0.4, -0.2) is 26.4 Å². The van der Waals surface area contributed by atoms with Gasteiger partial charge in [-0.1, -0.05) is 31.0 Å². The fourth-order valence-corrected chi connectivity index (χ4v) is 3.28. The van der Waals surface area contributed by atoms with Crippen molar-refractivity contribution >= 4 is 17.7 Å². The number of aliphatic carboxylic acids is 1. The first-order chi connectivity index (χ1) is 8.66. The molecule has 0 unspecified atom stereocenters. The van der Waals surface area contributed by atoms with Crippen molar-refractivity contribution in [1.82, 2.24) is 9.55 Å². The Kier molecular flexibility index (Phi) is 4.69. The topological polar surface area (TPSA) is 55.1 Å². The quantitative estimate of drug-likeness (QED) is 0.834. The minimum atomic E-state index is -0.787. The Morgan fingerprint density at radius 1 is 1.50 bits per heavy atom. The second-order valence-electron chi connectivity index (χ2n) is 4.98. The lowest BCUT2D eigenvalue weighted by molar-refractivity contribution is -0.133. The molecule has 0 amide bonds. The molecule has 0 aromatic carbocycles. The largest absolute Gasteiger partial charge is 0.481 e. The van der Waals surface area contributed by atoms with Crippen molar-refractivity contribution in [3.63, 3.8) is 0 Å². The van der Waals surface area contributed by atoms with Gasteiger partial charge in [0.05, 0.1) is 5.75 Å². The summed E-state index contributed by atoms with van der Waals surface area (Å²) >= 11 is 1.32. The maximum absolute atomic E-state index is 10.6. The van der Waals surface area contributed by atoms with E-state index in [2.05, 4.69) is 9.55 Å². The first-order valence-electron chi connectivity index (χ1n) is 6.53. The van der Waals surface area contributed by atoms with Crippen LogP contribution in [0.15, 0.2) is 11.4 Å². The minimum absolute atomic E-state index is 0.0844. The highest BCUT2D eigenvalue weighted by Crippen LogP contribution is 2.27. The predicted octanol–water partition coefficient (Wildman–Crippen LogP) is 2.95. The molecule has 1 aromatic rings. The molecule has 4 nitrogen and oxygen atoms in total. The van der Waals surface area contributed by atoms with Gasteiger partial charge in [0.15, 0.2) is 5.16 Å². The van der Waals surface area contributed by atoms with E-state index in [4.69, 9.17) is 5.11 Å². The Morgan fingerprint density at radius 3 is 2.89 bits per heavy atom. The van der Waals surface area contributed by atoms with E-state index in [1.807, 2.05) is 13.1 Å². The number of carbonyl (C=O) groups is 1. The maximum Gasteiger partial charge on any atom is 0.313 e. The van der Waals surface area contributed by atoms with Crippen LogP contribution in [0.4, 0.5) is 0 Å². The van der Waals surface area contributed by atoms with Crippen LogP contribution in [0.1, 0.15) is 37.8 Å². The van der Waals surface area contributed by atoms with E-state index in [0.717, 1.165) is 23.3 Å². The average Bonchev–Trinajstić information content (AvgIpc) is 2.70. The van der Waals surface area contributed by atoms with E-state index >= 15 is 0 Å². The van der Waals surface area contributed by atoms with E-state index in [1.165, 1.54) is 43.9 Å². The SMILES string of the molecule is Cc1cnc(SCC(=O)O)n1CC1CCCCC1. The summed E-state index contributed by atoms with van der Waals surface area (Å²) in [4.78, 5) is 14.9. The van der Waals surface area contributed by atoms with Crippen LogP contribution >= 0.6 is 11.8 Å². The molecule has 1 aliphatic carbocycles. The number of hydrogen-bond donors (Lipinski definition) is 1. The van der Waals surface area contributed by atoms with Crippen LogP contribution < -0.4 is 0 Å². The van der Waals surface area contributed by atoms with Crippen molar-refractivity contribution < 1.29 is 9.90 Å². The molecule has 1 N–H and O–H groups in total. The zero-order valence-electron chi connectivity index (χ0n) is 10.8. The highest BCUT2D eigenvalue weighted by Gasteiger charge is 2.17. The second kappa shape index (κ2) is 6.27. The number of imidazole rings is 1. The van der Waals surface area contributed by atoms with Gasteiger partial charge in [-0.2, -0.15) is 0 Å². The van der Waals surface area contributed by atoms with Gasteiger partial charge in [-0.15, -0.1) is 0 Å². The molecule has 0 spiro atoms. The van der Waals surface area contributed by atoms with E-state index in [1.54, 1.807) is 0 Å². The lowest BCUT2D eigenvalue weighted by atomic mass is 9.89. The van der Waals surface area contributed by atoms with Crippen molar-refractivity contribution in [2.45, 2.75) is 50.7 Å². The fraction of sp³-hybridized carbons (Fsp3) is 0.692. The standard InChI is InChI=1S/C13H20N2O2S/c1-10-7-14-13(18-9-12(16)17)15(10)8-11-5-3-2-4-6-11/h7,11H,2-6,8-9H2,1H3,(H,16,17).